The second-order valence-electron chi connectivity index (χ2n) is 12.6. The average molecular weight is 419 g/mol. The molecule has 0 heterocycles. The minimum Gasteiger partial charge on any atom is -0.393 e. The van der Waals surface area contributed by atoms with E-state index < -0.39 is 11.7 Å². The fourth-order valence-corrected chi connectivity index (χ4v) is 8.59. The molecule has 3 saturated carbocycles. The van der Waals surface area contributed by atoms with Crippen LogP contribution in [0.25, 0.3) is 0 Å². The molecule has 0 bridgehead atoms. The van der Waals surface area contributed by atoms with Gasteiger partial charge in [0, 0.05) is 0 Å². The normalized spacial score (nSPS) is 45.7. The van der Waals surface area contributed by atoms with Crippen LogP contribution in [0.1, 0.15) is 98.8 Å². The van der Waals surface area contributed by atoms with Crippen molar-refractivity contribution in [2.45, 2.75) is 117 Å². The Hall–Kier alpha value is -0.380. The Labute approximate surface area is 184 Å². The van der Waals surface area contributed by atoms with Crippen LogP contribution < -0.4 is 0 Å². The van der Waals surface area contributed by atoms with Crippen LogP contribution in [0.4, 0.5) is 0 Å². The second kappa shape index (κ2) is 7.89. The Kier molecular flexibility index (Phi) is 5.99. The van der Waals surface area contributed by atoms with Crippen molar-refractivity contribution in [3.63, 3.8) is 0 Å². The predicted molar refractivity (Wildman–Crippen MR) is 122 cm³/mol. The molecule has 4 aliphatic carbocycles. The number of hydrogen-bond acceptors (Lipinski definition) is 3. The molecule has 0 amide bonds. The Morgan fingerprint density at radius 3 is 2.50 bits per heavy atom. The van der Waals surface area contributed by atoms with Crippen LogP contribution in [0.2, 0.25) is 0 Å². The molecule has 4 aliphatic rings. The third-order valence-electron chi connectivity index (χ3n) is 10.5. The van der Waals surface area contributed by atoms with Crippen molar-refractivity contribution in [3.8, 4) is 0 Å². The number of aliphatic hydroxyl groups excluding tert-OH is 2. The second-order valence-corrected chi connectivity index (χ2v) is 12.6. The molecule has 4 rings (SSSR count). The van der Waals surface area contributed by atoms with E-state index in [0.717, 1.165) is 42.9 Å². The smallest absolute Gasteiger partial charge is 0.0849 e. The molecule has 3 N–H and O–H groups in total. The van der Waals surface area contributed by atoms with E-state index in [2.05, 4.69) is 26.8 Å². The fraction of sp³-hybridized carbons (Fsp3) is 0.926. The number of rotatable bonds is 5. The molecule has 0 aromatic heterocycles. The van der Waals surface area contributed by atoms with Crippen LogP contribution in [0.3, 0.4) is 0 Å². The van der Waals surface area contributed by atoms with Crippen LogP contribution in [0.15, 0.2) is 11.6 Å². The summed E-state index contributed by atoms with van der Waals surface area (Å²) < 4.78 is 0. The first-order valence-electron chi connectivity index (χ1n) is 12.7. The minimum absolute atomic E-state index is 0.120. The molecular weight excluding hydrogens is 372 g/mol. The molecule has 3 nitrogen and oxygen atoms in total. The molecule has 3 fully saturated rings. The highest BCUT2D eigenvalue weighted by Crippen LogP contribution is 2.67. The minimum atomic E-state index is -1.00. The van der Waals surface area contributed by atoms with Crippen molar-refractivity contribution >= 4 is 0 Å². The van der Waals surface area contributed by atoms with Gasteiger partial charge in [0.25, 0.3) is 0 Å². The van der Waals surface area contributed by atoms with Gasteiger partial charge in [-0.1, -0.05) is 32.4 Å². The summed E-state index contributed by atoms with van der Waals surface area (Å²) in [5.74, 6) is 3.78. The lowest BCUT2D eigenvalue weighted by atomic mass is 9.47. The largest absolute Gasteiger partial charge is 0.393 e. The van der Waals surface area contributed by atoms with Crippen LogP contribution in [-0.2, 0) is 0 Å². The zero-order chi connectivity index (χ0) is 21.9. The lowest BCUT2D eigenvalue weighted by molar-refractivity contribution is -0.0656. The maximum atomic E-state index is 10.3. The van der Waals surface area contributed by atoms with Gasteiger partial charge in [-0.25, -0.2) is 0 Å². The Bertz CT molecular complexity index is 664. The highest BCUT2D eigenvalue weighted by atomic mass is 16.3. The van der Waals surface area contributed by atoms with Gasteiger partial charge < -0.3 is 15.3 Å². The Morgan fingerprint density at radius 2 is 1.80 bits per heavy atom. The third kappa shape index (κ3) is 3.71. The summed E-state index contributed by atoms with van der Waals surface area (Å²) in [6.07, 6.45) is 13.1. The molecule has 9 atom stereocenters. The van der Waals surface area contributed by atoms with E-state index in [9.17, 15) is 15.3 Å². The van der Waals surface area contributed by atoms with Gasteiger partial charge in [-0.15, -0.1) is 0 Å². The first-order chi connectivity index (χ1) is 14.0. The van der Waals surface area contributed by atoms with Crippen molar-refractivity contribution in [2.75, 3.05) is 0 Å². The number of fused-ring (bicyclic) bond motifs is 5. The molecule has 0 radical (unpaired) electrons. The summed E-state index contributed by atoms with van der Waals surface area (Å²) in [6.45, 7) is 10.9. The lowest BCUT2D eigenvalue weighted by Gasteiger charge is -2.58. The summed E-state index contributed by atoms with van der Waals surface area (Å²) in [6, 6.07) is 0. The monoisotopic (exact) mass is 418 g/mol. The summed E-state index contributed by atoms with van der Waals surface area (Å²) in [5.41, 5.74) is 1.31. The van der Waals surface area contributed by atoms with Gasteiger partial charge in [0.2, 0.25) is 0 Å². The van der Waals surface area contributed by atoms with E-state index in [4.69, 9.17) is 0 Å². The van der Waals surface area contributed by atoms with E-state index in [-0.39, 0.29) is 6.10 Å². The van der Waals surface area contributed by atoms with Gasteiger partial charge in [0.15, 0.2) is 0 Å². The fourth-order valence-electron chi connectivity index (χ4n) is 8.59. The molecule has 0 aromatic carbocycles. The molecular formula is C27H46O3. The lowest BCUT2D eigenvalue weighted by Crippen LogP contribution is -2.50. The molecule has 0 aliphatic heterocycles. The number of hydrogen-bond donors (Lipinski definition) is 3. The summed E-state index contributed by atoms with van der Waals surface area (Å²) in [5, 5.41) is 30.6. The SMILES string of the molecule is C[C@H](CCC(O)C(C)(C)O)[C@H]1CC[C@H]2[C@@H]3CC=C4C[C@@H](O)CC[C@]4(C)[C@H]3CC[C@]12C. The van der Waals surface area contributed by atoms with Crippen molar-refractivity contribution in [1.82, 2.24) is 0 Å². The predicted octanol–water partition coefficient (Wildman–Crippen LogP) is 5.47. The van der Waals surface area contributed by atoms with E-state index >= 15 is 0 Å². The van der Waals surface area contributed by atoms with Gasteiger partial charge in [0.1, 0.15) is 0 Å². The first-order valence-corrected chi connectivity index (χ1v) is 12.7. The topological polar surface area (TPSA) is 60.7 Å². The van der Waals surface area contributed by atoms with Crippen LogP contribution in [0, 0.1) is 40.4 Å². The summed E-state index contributed by atoms with van der Waals surface area (Å²) in [7, 11) is 0. The summed E-state index contributed by atoms with van der Waals surface area (Å²) in [4.78, 5) is 0. The highest BCUT2D eigenvalue weighted by molar-refractivity contribution is 5.25. The highest BCUT2D eigenvalue weighted by Gasteiger charge is 2.59. The van der Waals surface area contributed by atoms with Crippen LogP contribution in [-0.4, -0.2) is 33.1 Å². The van der Waals surface area contributed by atoms with Crippen LogP contribution in [0.5, 0.6) is 0 Å². The van der Waals surface area contributed by atoms with Crippen molar-refractivity contribution < 1.29 is 15.3 Å². The molecule has 0 saturated heterocycles. The first kappa shape index (κ1) is 22.8. The van der Waals surface area contributed by atoms with Gasteiger partial charge >= 0.3 is 0 Å². The standard InChI is InChI=1S/C27H46O3/c1-17(6-11-24(29)25(2,3)30)21-9-10-22-20-8-7-18-16-19(28)12-14-26(18,4)23(20)13-15-27(21,22)5/h7,17,19-24,28-30H,6,8-16H2,1-5H3/t17-,19+,20+,21-,22+,23+,24?,26+,27-/m1/s1. The Balaban J connectivity index is 1.47. The van der Waals surface area contributed by atoms with Crippen molar-refractivity contribution in [2.24, 2.45) is 40.4 Å². The average Bonchev–Trinajstić information content (AvgIpc) is 3.03. The van der Waals surface area contributed by atoms with Gasteiger partial charge in [-0.05, 0) is 118 Å². The van der Waals surface area contributed by atoms with E-state index in [1.807, 2.05) is 0 Å². The van der Waals surface area contributed by atoms with Crippen molar-refractivity contribution in [1.29, 1.82) is 0 Å². The zero-order valence-corrected chi connectivity index (χ0v) is 20.0. The van der Waals surface area contributed by atoms with E-state index in [1.54, 1.807) is 19.4 Å². The zero-order valence-electron chi connectivity index (χ0n) is 20.0. The molecule has 0 spiro atoms. The van der Waals surface area contributed by atoms with E-state index in [1.165, 1.54) is 38.5 Å². The van der Waals surface area contributed by atoms with Gasteiger partial charge in [0.05, 0.1) is 17.8 Å². The Morgan fingerprint density at radius 1 is 1.07 bits per heavy atom. The van der Waals surface area contributed by atoms with Crippen LogP contribution >= 0.6 is 0 Å². The number of allylic oxidation sites excluding steroid dienone is 1. The number of aliphatic hydroxyl groups is 3. The third-order valence-corrected chi connectivity index (χ3v) is 10.5. The van der Waals surface area contributed by atoms with Gasteiger partial charge in [-0.2, -0.15) is 0 Å². The molecule has 172 valence electrons. The maximum absolute atomic E-state index is 10.3. The quantitative estimate of drug-likeness (QED) is 0.519. The van der Waals surface area contributed by atoms with Gasteiger partial charge in [-0.3, -0.25) is 0 Å². The molecule has 3 heteroatoms. The molecule has 30 heavy (non-hydrogen) atoms. The van der Waals surface area contributed by atoms with Crippen molar-refractivity contribution in [3.05, 3.63) is 11.6 Å². The summed E-state index contributed by atoms with van der Waals surface area (Å²) >= 11 is 0. The molecule has 0 aromatic rings. The molecule has 1 unspecified atom stereocenters. The van der Waals surface area contributed by atoms with E-state index in [0.29, 0.717) is 23.2 Å². The maximum Gasteiger partial charge on any atom is 0.0849 e.